The van der Waals surface area contributed by atoms with E-state index in [1.54, 1.807) is 38.1 Å². The average molecular weight is 400 g/mol. The highest BCUT2D eigenvalue weighted by atomic mass is 35.5. The van der Waals surface area contributed by atoms with E-state index in [4.69, 9.17) is 34.8 Å². The summed E-state index contributed by atoms with van der Waals surface area (Å²) in [6, 6.07) is 11.8. The Kier molecular flexibility index (Phi) is 6.33. The van der Waals surface area contributed by atoms with Crippen molar-refractivity contribution in [2.75, 3.05) is 5.32 Å². The van der Waals surface area contributed by atoms with Crippen LogP contribution in [0.4, 0.5) is 5.69 Å². The summed E-state index contributed by atoms with van der Waals surface area (Å²) in [6.45, 7) is 3.41. The van der Waals surface area contributed by atoms with Crippen LogP contribution < -0.4 is 10.6 Å². The number of hydrogen-bond donors (Lipinski definition) is 2. The average Bonchev–Trinajstić information content (AvgIpc) is 2.57. The van der Waals surface area contributed by atoms with Gasteiger partial charge in [-0.15, -0.1) is 0 Å². The molecule has 2 N–H and O–H groups in total. The zero-order valence-electron chi connectivity index (χ0n) is 13.7. The first kappa shape index (κ1) is 19.6. The maximum atomic E-state index is 12.5. The third-order valence-corrected chi connectivity index (χ3v) is 4.67. The lowest BCUT2D eigenvalue weighted by atomic mass is 9.90. The first-order chi connectivity index (χ1) is 11.7. The maximum absolute atomic E-state index is 12.5. The Bertz CT molecular complexity index is 789. The first-order valence-corrected chi connectivity index (χ1v) is 8.63. The molecule has 0 saturated heterocycles. The molecule has 2 aromatic rings. The molecule has 4 nitrogen and oxygen atoms in total. The molecule has 0 bridgehead atoms. The van der Waals surface area contributed by atoms with Crippen molar-refractivity contribution < 1.29 is 9.59 Å². The summed E-state index contributed by atoms with van der Waals surface area (Å²) in [4.78, 5) is 24.9. The summed E-state index contributed by atoms with van der Waals surface area (Å²) >= 11 is 17.6. The molecule has 0 aliphatic heterocycles. The van der Waals surface area contributed by atoms with Crippen LogP contribution in [0.5, 0.6) is 0 Å². The third-order valence-electron chi connectivity index (χ3n) is 3.68. The van der Waals surface area contributed by atoms with Crippen LogP contribution in [0.3, 0.4) is 0 Å². The van der Waals surface area contributed by atoms with E-state index in [1.165, 1.54) is 6.07 Å². The minimum Gasteiger partial charge on any atom is -0.351 e. The van der Waals surface area contributed by atoms with E-state index >= 15 is 0 Å². The van der Waals surface area contributed by atoms with Gasteiger partial charge in [-0.3, -0.25) is 9.59 Å². The summed E-state index contributed by atoms with van der Waals surface area (Å²) in [6.07, 6.45) is 0. The Morgan fingerprint density at radius 1 is 0.920 bits per heavy atom. The Morgan fingerprint density at radius 2 is 1.56 bits per heavy atom. The van der Waals surface area contributed by atoms with Crippen molar-refractivity contribution in [2.45, 2.75) is 20.4 Å². The monoisotopic (exact) mass is 398 g/mol. The molecule has 0 saturated carbocycles. The molecule has 0 heterocycles. The van der Waals surface area contributed by atoms with Crippen molar-refractivity contribution in [3.05, 3.63) is 63.1 Å². The second kappa shape index (κ2) is 8.09. The van der Waals surface area contributed by atoms with Crippen LogP contribution in [0.2, 0.25) is 15.1 Å². The van der Waals surface area contributed by atoms with Crippen LogP contribution >= 0.6 is 34.8 Å². The van der Waals surface area contributed by atoms with E-state index in [1.807, 2.05) is 12.1 Å². The molecule has 2 aromatic carbocycles. The molecule has 0 aromatic heterocycles. The Labute approximate surface area is 161 Å². The number of benzene rings is 2. The predicted molar refractivity (Wildman–Crippen MR) is 102 cm³/mol. The van der Waals surface area contributed by atoms with Crippen LogP contribution in [0.1, 0.15) is 19.4 Å². The summed E-state index contributed by atoms with van der Waals surface area (Å²) in [5, 5.41) is 6.77. The molecule has 7 heteroatoms. The molecule has 0 radical (unpaired) electrons. The number of nitrogens with one attached hydrogen (secondary N) is 2. The van der Waals surface area contributed by atoms with Gasteiger partial charge < -0.3 is 10.6 Å². The van der Waals surface area contributed by atoms with Crippen LogP contribution in [0, 0.1) is 5.41 Å². The van der Waals surface area contributed by atoms with Gasteiger partial charge in [0.15, 0.2) is 0 Å². The fraction of sp³-hybridized carbons (Fsp3) is 0.222. The van der Waals surface area contributed by atoms with Gasteiger partial charge in [-0.2, -0.15) is 0 Å². The fourth-order valence-corrected chi connectivity index (χ4v) is 2.39. The zero-order valence-corrected chi connectivity index (χ0v) is 16.0. The van der Waals surface area contributed by atoms with Gasteiger partial charge in [-0.25, -0.2) is 0 Å². The van der Waals surface area contributed by atoms with Gasteiger partial charge >= 0.3 is 0 Å². The number of anilines is 1. The number of rotatable bonds is 5. The highest BCUT2D eigenvalue weighted by Crippen LogP contribution is 2.26. The van der Waals surface area contributed by atoms with E-state index in [0.29, 0.717) is 27.3 Å². The number of halogens is 3. The van der Waals surface area contributed by atoms with E-state index in [2.05, 4.69) is 10.6 Å². The standard InChI is InChI=1S/C18H17Cl3N2O2/c1-18(2,16(24)22-10-11-3-5-12(19)6-4-11)17(25)23-13-7-8-14(20)15(21)9-13/h3-9H,10H2,1-2H3,(H,22,24)(H,23,25). The SMILES string of the molecule is CC(C)(C(=O)NCc1ccc(Cl)cc1)C(=O)Nc1ccc(Cl)c(Cl)c1. The highest BCUT2D eigenvalue weighted by Gasteiger charge is 2.36. The molecule has 0 unspecified atom stereocenters. The van der Waals surface area contributed by atoms with Crippen molar-refractivity contribution in [2.24, 2.45) is 5.41 Å². The molecular weight excluding hydrogens is 383 g/mol. The second-order valence-corrected chi connectivity index (χ2v) is 7.27. The number of hydrogen-bond acceptors (Lipinski definition) is 2. The molecular formula is C18H17Cl3N2O2. The van der Waals surface area contributed by atoms with E-state index in [9.17, 15) is 9.59 Å². The highest BCUT2D eigenvalue weighted by molar-refractivity contribution is 6.42. The number of amides is 2. The van der Waals surface area contributed by atoms with Gasteiger partial charge in [0, 0.05) is 17.3 Å². The normalized spacial score (nSPS) is 11.1. The lowest BCUT2D eigenvalue weighted by Gasteiger charge is -2.23. The summed E-state index contributed by atoms with van der Waals surface area (Å²) in [5.41, 5.74) is 0.0925. The van der Waals surface area contributed by atoms with E-state index < -0.39 is 11.3 Å². The van der Waals surface area contributed by atoms with Gasteiger partial charge in [0.1, 0.15) is 5.41 Å². The topological polar surface area (TPSA) is 58.2 Å². The summed E-state index contributed by atoms with van der Waals surface area (Å²) in [5.74, 6) is -0.834. The third kappa shape index (κ3) is 5.11. The van der Waals surface area contributed by atoms with Gasteiger partial charge in [-0.1, -0.05) is 46.9 Å². The van der Waals surface area contributed by atoms with Gasteiger partial charge in [0.25, 0.3) is 0 Å². The zero-order chi connectivity index (χ0) is 18.6. The Hall–Kier alpha value is -1.75. The van der Waals surface area contributed by atoms with Gasteiger partial charge in [-0.05, 0) is 49.7 Å². The molecule has 132 valence electrons. The van der Waals surface area contributed by atoms with Crippen molar-refractivity contribution in [1.29, 1.82) is 0 Å². The minimum atomic E-state index is -1.27. The molecule has 0 atom stereocenters. The van der Waals surface area contributed by atoms with Crippen LogP contribution in [-0.4, -0.2) is 11.8 Å². The molecule has 0 aliphatic rings. The van der Waals surface area contributed by atoms with Crippen LogP contribution in [0.15, 0.2) is 42.5 Å². The number of carbonyl (C=O) groups excluding carboxylic acids is 2. The second-order valence-electron chi connectivity index (χ2n) is 6.02. The predicted octanol–water partition coefficient (Wildman–Crippen LogP) is 4.93. The molecule has 25 heavy (non-hydrogen) atoms. The molecule has 0 fully saturated rings. The number of carbonyl (C=O) groups is 2. The van der Waals surface area contributed by atoms with Crippen molar-refractivity contribution >= 4 is 52.3 Å². The Morgan fingerprint density at radius 3 is 2.16 bits per heavy atom. The quantitative estimate of drug-likeness (QED) is 0.701. The van der Waals surface area contributed by atoms with Crippen LogP contribution in [-0.2, 0) is 16.1 Å². The molecule has 0 spiro atoms. The van der Waals surface area contributed by atoms with Crippen molar-refractivity contribution in [3.8, 4) is 0 Å². The van der Waals surface area contributed by atoms with Gasteiger partial charge in [0.05, 0.1) is 10.0 Å². The smallest absolute Gasteiger partial charge is 0.239 e. The van der Waals surface area contributed by atoms with Crippen molar-refractivity contribution in [3.63, 3.8) is 0 Å². The van der Waals surface area contributed by atoms with Crippen LogP contribution in [0.25, 0.3) is 0 Å². The minimum absolute atomic E-state index is 0.305. The molecule has 0 aliphatic carbocycles. The van der Waals surface area contributed by atoms with Gasteiger partial charge in [0.2, 0.25) is 11.8 Å². The fourth-order valence-electron chi connectivity index (χ4n) is 1.97. The first-order valence-electron chi connectivity index (χ1n) is 7.49. The molecule has 2 amide bonds. The largest absolute Gasteiger partial charge is 0.351 e. The lowest BCUT2D eigenvalue weighted by Crippen LogP contribution is -2.44. The lowest BCUT2D eigenvalue weighted by molar-refractivity contribution is -0.138. The summed E-state index contributed by atoms with van der Waals surface area (Å²) < 4.78 is 0. The Balaban J connectivity index is 2.00. The van der Waals surface area contributed by atoms with E-state index in [-0.39, 0.29) is 5.91 Å². The summed E-state index contributed by atoms with van der Waals surface area (Å²) in [7, 11) is 0. The van der Waals surface area contributed by atoms with Crippen molar-refractivity contribution in [1.82, 2.24) is 5.32 Å². The van der Waals surface area contributed by atoms with E-state index in [0.717, 1.165) is 5.56 Å². The maximum Gasteiger partial charge on any atom is 0.239 e. The molecule has 2 rings (SSSR count).